The third-order valence-corrected chi connectivity index (χ3v) is 8.59. The maximum atomic E-state index is 12.6. The second-order valence-corrected chi connectivity index (χ2v) is 10.9. The van der Waals surface area contributed by atoms with E-state index < -0.39 is 9.84 Å². The van der Waals surface area contributed by atoms with Crippen molar-refractivity contribution in [1.29, 1.82) is 0 Å². The van der Waals surface area contributed by atoms with Crippen LogP contribution in [0.25, 0.3) is 0 Å². The average Bonchev–Trinajstić information content (AvgIpc) is 2.83. The van der Waals surface area contributed by atoms with E-state index in [1.165, 1.54) is 0 Å². The predicted molar refractivity (Wildman–Crippen MR) is 112 cm³/mol. The van der Waals surface area contributed by atoms with E-state index in [1.807, 2.05) is 31.9 Å². The third-order valence-electron chi connectivity index (χ3n) is 6.87. The van der Waals surface area contributed by atoms with Crippen LogP contribution < -0.4 is 0 Å². The summed E-state index contributed by atoms with van der Waals surface area (Å²) < 4.78 is 25.2. The summed E-state index contributed by atoms with van der Waals surface area (Å²) in [5.74, 6) is -0.0408. The summed E-state index contributed by atoms with van der Waals surface area (Å²) in [6.45, 7) is 5.92. The van der Waals surface area contributed by atoms with Gasteiger partial charge in [-0.05, 0) is 68.2 Å². The molecule has 0 aliphatic carbocycles. The molecule has 0 bridgehead atoms. The Kier molecular flexibility index (Phi) is 6.36. The smallest absolute Gasteiger partial charge is 0.223 e. The van der Waals surface area contributed by atoms with Crippen molar-refractivity contribution in [2.45, 2.75) is 57.3 Å². The number of amides is 2. The maximum Gasteiger partial charge on any atom is 0.223 e. The van der Waals surface area contributed by atoms with E-state index in [-0.39, 0.29) is 29.4 Å². The van der Waals surface area contributed by atoms with Gasteiger partial charge in [-0.3, -0.25) is 9.59 Å². The average molecular weight is 421 g/mol. The van der Waals surface area contributed by atoms with E-state index in [2.05, 4.69) is 0 Å². The third kappa shape index (κ3) is 5.00. The molecule has 6 nitrogen and oxygen atoms in total. The number of piperidine rings is 1. The van der Waals surface area contributed by atoms with Crippen LogP contribution in [0.5, 0.6) is 0 Å². The highest BCUT2D eigenvalue weighted by atomic mass is 32.2. The van der Waals surface area contributed by atoms with Crippen LogP contribution in [-0.4, -0.2) is 62.5 Å². The number of nitrogens with zero attached hydrogens (tertiary/aromatic N) is 2. The fourth-order valence-corrected chi connectivity index (χ4v) is 5.66. The van der Waals surface area contributed by atoms with Gasteiger partial charge in [0.25, 0.3) is 0 Å². The molecule has 2 aliphatic rings. The summed E-state index contributed by atoms with van der Waals surface area (Å²) >= 11 is 0. The fraction of sp³-hybridized carbons (Fsp3) is 0.636. The molecule has 2 amide bonds. The molecule has 0 aromatic heterocycles. The van der Waals surface area contributed by atoms with Gasteiger partial charge < -0.3 is 9.80 Å². The van der Waals surface area contributed by atoms with Crippen LogP contribution in [0.15, 0.2) is 23.1 Å². The van der Waals surface area contributed by atoms with Crippen LogP contribution >= 0.6 is 0 Å². The van der Waals surface area contributed by atoms with Crippen molar-refractivity contribution in [3.63, 3.8) is 0 Å². The van der Waals surface area contributed by atoms with Crippen molar-refractivity contribution >= 4 is 21.7 Å². The van der Waals surface area contributed by atoms with Crippen molar-refractivity contribution in [1.82, 2.24) is 9.80 Å². The molecule has 7 heteroatoms. The van der Waals surface area contributed by atoms with Gasteiger partial charge in [-0.15, -0.1) is 0 Å². The second kappa shape index (κ2) is 8.46. The van der Waals surface area contributed by atoms with Gasteiger partial charge in [-0.25, -0.2) is 8.42 Å². The van der Waals surface area contributed by atoms with E-state index >= 15 is 0 Å². The van der Waals surface area contributed by atoms with Gasteiger partial charge in [0.05, 0.1) is 10.6 Å². The summed E-state index contributed by atoms with van der Waals surface area (Å²) in [5.41, 5.74) is 2.13. The van der Waals surface area contributed by atoms with E-state index in [4.69, 9.17) is 0 Å². The van der Waals surface area contributed by atoms with Gasteiger partial charge in [0.2, 0.25) is 11.8 Å². The van der Waals surface area contributed by atoms with Gasteiger partial charge in [0.15, 0.2) is 9.84 Å². The zero-order valence-electron chi connectivity index (χ0n) is 17.7. The molecule has 0 atom stereocenters. The Balaban J connectivity index is 1.54. The molecule has 2 saturated heterocycles. The monoisotopic (exact) mass is 420 g/mol. The highest BCUT2D eigenvalue weighted by Gasteiger charge is 2.38. The molecule has 3 rings (SSSR count). The standard InChI is InChI=1S/C22H32N2O4S/c1-17-4-5-19(16-18(17)2)29(27,28)15-7-21(26)24-13-10-22(11-14-24)8-6-20(25)23(3)12-9-22/h4-5,16H,6-15H2,1-3H3. The van der Waals surface area contributed by atoms with Crippen molar-refractivity contribution in [2.75, 3.05) is 32.4 Å². The normalized spacial score (nSPS) is 20.0. The molecule has 0 unspecified atom stereocenters. The number of hydrogen-bond acceptors (Lipinski definition) is 4. The predicted octanol–water partition coefficient (Wildman–Crippen LogP) is 2.72. The lowest BCUT2D eigenvalue weighted by atomic mass is 9.73. The molecule has 2 heterocycles. The molecule has 1 aromatic carbocycles. The first kappa shape index (κ1) is 21.8. The van der Waals surface area contributed by atoms with Crippen molar-refractivity contribution in [3.8, 4) is 0 Å². The topological polar surface area (TPSA) is 74.8 Å². The van der Waals surface area contributed by atoms with Gasteiger partial charge in [0.1, 0.15) is 0 Å². The summed E-state index contributed by atoms with van der Waals surface area (Å²) in [6.07, 6.45) is 4.26. The second-order valence-electron chi connectivity index (χ2n) is 8.76. The number of benzene rings is 1. The van der Waals surface area contributed by atoms with Crippen LogP contribution in [0.4, 0.5) is 0 Å². The maximum absolute atomic E-state index is 12.6. The Morgan fingerprint density at radius 2 is 1.69 bits per heavy atom. The lowest BCUT2D eigenvalue weighted by Gasteiger charge is -2.41. The zero-order chi connectivity index (χ0) is 21.2. The Labute approximate surface area is 174 Å². The minimum atomic E-state index is -3.47. The molecule has 2 fully saturated rings. The molecule has 1 aromatic rings. The first-order chi connectivity index (χ1) is 13.6. The highest BCUT2D eigenvalue weighted by Crippen LogP contribution is 2.41. The van der Waals surface area contributed by atoms with Crippen LogP contribution in [0, 0.1) is 19.3 Å². The highest BCUT2D eigenvalue weighted by molar-refractivity contribution is 7.91. The molecule has 29 heavy (non-hydrogen) atoms. The first-order valence-corrected chi connectivity index (χ1v) is 12.1. The van der Waals surface area contributed by atoms with Crippen molar-refractivity contribution < 1.29 is 18.0 Å². The summed E-state index contributed by atoms with van der Waals surface area (Å²) in [6, 6.07) is 5.12. The first-order valence-electron chi connectivity index (χ1n) is 10.4. The Morgan fingerprint density at radius 3 is 2.34 bits per heavy atom. The number of aryl methyl sites for hydroxylation is 2. The van der Waals surface area contributed by atoms with E-state index in [1.54, 1.807) is 17.0 Å². The number of likely N-dealkylation sites (tertiary alicyclic amines) is 2. The van der Waals surface area contributed by atoms with Crippen molar-refractivity contribution in [3.05, 3.63) is 29.3 Å². The number of carbonyl (C=O) groups excluding carboxylic acids is 2. The number of hydrogen-bond donors (Lipinski definition) is 0. The molecule has 1 spiro atoms. The largest absolute Gasteiger partial charge is 0.346 e. The molecule has 160 valence electrons. The zero-order valence-corrected chi connectivity index (χ0v) is 18.6. The van der Waals surface area contributed by atoms with E-state index in [9.17, 15) is 18.0 Å². The van der Waals surface area contributed by atoms with Gasteiger partial charge in [-0.2, -0.15) is 0 Å². The van der Waals surface area contributed by atoms with E-state index in [0.717, 1.165) is 43.4 Å². The summed E-state index contributed by atoms with van der Waals surface area (Å²) in [5, 5.41) is 0. The number of rotatable bonds is 4. The molecular formula is C22H32N2O4S. The van der Waals surface area contributed by atoms with Gasteiger partial charge in [-0.1, -0.05) is 6.07 Å². The minimum absolute atomic E-state index is 0.0173. The van der Waals surface area contributed by atoms with Crippen molar-refractivity contribution in [2.24, 2.45) is 5.41 Å². The van der Waals surface area contributed by atoms with Crippen LogP contribution in [-0.2, 0) is 19.4 Å². The van der Waals surface area contributed by atoms with Gasteiger partial charge in [0, 0.05) is 39.5 Å². The number of carbonyl (C=O) groups is 2. The van der Waals surface area contributed by atoms with Crippen LogP contribution in [0.2, 0.25) is 0 Å². The lowest BCUT2D eigenvalue weighted by Crippen LogP contribution is -2.43. The Hall–Kier alpha value is -1.89. The minimum Gasteiger partial charge on any atom is -0.346 e. The SMILES string of the molecule is Cc1ccc(S(=O)(=O)CCC(=O)N2CCC3(CCC(=O)N(C)CC3)CC2)cc1C. The fourth-order valence-electron chi connectivity index (χ4n) is 4.35. The van der Waals surface area contributed by atoms with Crippen LogP contribution in [0.1, 0.15) is 49.7 Å². The van der Waals surface area contributed by atoms with E-state index in [0.29, 0.717) is 24.4 Å². The van der Waals surface area contributed by atoms with Gasteiger partial charge >= 0.3 is 0 Å². The summed E-state index contributed by atoms with van der Waals surface area (Å²) in [7, 11) is -1.61. The quantitative estimate of drug-likeness (QED) is 0.751. The molecular weight excluding hydrogens is 388 g/mol. The Morgan fingerprint density at radius 1 is 1.03 bits per heavy atom. The summed E-state index contributed by atoms with van der Waals surface area (Å²) in [4.78, 5) is 28.5. The molecule has 0 N–H and O–H groups in total. The molecule has 0 saturated carbocycles. The molecule has 0 radical (unpaired) electrons. The lowest BCUT2D eigenvalue weighted by molar-refractivity contribution is -0.133. The number of sulfone groups is 1. The molecule has 2 aliphatic heterocycles. The Bertz CT molecular complexity index is 886. The van der Waals surface area contributed by atoms with Crippen LogP contribution in [0.3, 0.4) is 0 Å².